The SMILES string of the molecule is CN(C)C1CCN(CCC(=O)c2cccc(Cl)c2Cl)C1. The van der Waals surface area contributed by atoms with E-state index >= 15 is 0 Å². The molecule has 1 aliphatic heterocycles. The second-order valence-corrected chi connectivity index (χ2v) is 6.27. The molecule has 0 radical (unpaired) electrons. The van der Waals surface area contributed by atoms with E-state index in [4.69, 9.17) is 23.2 Å². The molecule has 1 aromatic rings. The van der Waals surface area contributed by atoms with Crippen molar-refractivity contribution in [1.29, 1.82) is 0 Å². The smallest absolute Gasteiger partial charge is 0.165 e. The fourth-order valence-electron chi connectivity index (χ4n) is 2.55. The fourth-order valence-corrected chi connectivity index (χ4v) is 2.96. The number of likely N-dealkylation sites (N-methyl/N-ethyl adjacent to an activating group) is 1. The van der Waals surface area contributed by atoms with Gasteiger partial charge in [-0.2, -0.15) is 0 Å². The van der Waals surface area contributed by atoms with E-state index in [2.05, 4.69) is 23.9 Å². The van der Waals surface area contributed by atoms with Crippen LogP contribution in [0.5, 0.6) is 0 Å². The molecule has 1 fully saturated rings. The maximum Gasteiger partial charge on any atom is 0.165 e. The predicted molar refractivity (Wildman–Crippen MR) is 83.9 cm³/mol. The van der Waals surface area contributed by atoms with E-state index in [1.165, 1.54) is 6.42 Å². The van der Waals surface area contributed by atoms with E-state index in [0.717, 1.165) is 19.6 Å². The highest BCUT2D eigenvalue weighted by molar-refractivity contribution is 6.43. The molecular formula is C15H20Cl2N2O. The van der Waals surface area contributed by atoms with Crippen molar-refractivity contribution in [1.82, 2.24) is 9.80 Å². The predicted octanol–water partition coefficient (Wildman–Crippen LogP) is 3.20. The van der Waals surface area contributed by atoms with Gasteiger partial charge < -0.3 is 9.80 Å². The molecule has 0 N–H and O–H groups in total. The van der Waals surface area contributed by atoms with Gasteiger partial charge in [-0.3, -0.25) is 4.79 Å². The minimum absolute atomic E-state index is 0.0609. The standard InChI is InChI=1S/C15H20Cl2N2O/c1-18(2)11-6-8-19(10-11)9-7-14(20)12-4-3-5-13(16)15(12)17/h3-5,11H,6-10H2,1-2H3. The molecule has 5 heteroatoms. The Balaban J connectivity index is 1.89. The summed E-state index contributed by atoms with van der Waals surface area (Å²) in [5, 5.41) is 0.804. The summed E-state index contributed by atoms with van der Waals surface area (Å²) >= 11 is 12.0. The lowest BCUT2D eigenvalue weighted by Crippen LogP contribution is -2.32. The van der Waals surface area contributed by atoms with Crippen molar-refractivity contribution in [3.05, 3.63) is 33.8 Å². The van der Waals surface area contributed by atoms with Gasteiger partial charge in [-0.1, -0.05) is 29.3 Å². The number of benzene rings is 1. The number of ketones is 1. The Labute approximate surface area is 130 Å². The van der Waals surface area contributed by atoms with E-state index in [-0.39, 0.29) is 5.78 Å². The zero-order valence-electron chi connectivity index (χ0n) is 11.9. The maximum absolute atomic E-state index is 12.2. The van der Waals surface area contributed by atoms with E-state index in [1.54, 1.807) is 18.2 Å². The lowest BCUT2D eigenvalue weighted by Gasteiger charge is -2.20. The molecule has 0 aromatic heterocycles. The molecule has 0 aliphatic carbocycles. The average Bonchev–Trinajstić information content (AvgIpc) is 2.88. The molecule has 0 saturated carbocycles. The number of Topliss-reactive ketones (excluding diaryl/α,β-unsaturated/α-hetero) is 1. The van der Waals surface area contributed by atoms with Crippen molar-refractivity contribution < 1.29 is 4.79 Å². The lowest BCUT2D eigenvalue weighted by molar-refractivity contribution is 0.0968. The van der Waals surface area contributed by atoms with Crippen molar-refractivity contribution in [2.75, 3.05) is 33.7 Å². The van der Waals surface area contributed by atoms with Crippen LogP contribution in [0.3, 0.4) is 0 Å². The van der Waals surface area contributed by atoms with Crippen molar-refractivity contribution in [3.63, 3.8) is 0 Å². The van der Waals surface area contributed by atoms with Crippen LogP contribution >= 0.6 is 23.2 Å². The summed E-state index contributed by atoms with van der Waals surface area (Å²) in [6, 6.07) is 5.80. The molecule has 1 unspecified atom stereocenters. The Morgan fingerprint density at radius 1 is 1.40 bits per heavy atom. The first-order valence-corrected chi connectivity index (χ1v) is 7.60. The van der Waals surface area contributed by atoms with Gasteiger partial charge in [-0.25, -0.2) is 0 Å². The first kappa shape index (κ1) is 15.8. The molecule has 1 atom stereocenters. The zero-order chi connectivity index (χ0) is 14.7. The van der Waals surface area contributed by atoms with Crippen LogP contribution in [-0.2, 0) is 0 Å². The lowest BCUT2D eigenvalue weighted by atomic mass is 10.1. The number of hydrogen-bond acceptors (Lipinski definition) is 3. The second kappa shape index (κ2) is 6.90. The van der Waals surface area contributed by atoms with E-state index < -0.39 is 0 Å². The highest BCUT2D eigenvalue weighted by Crippen LogP contribution is 2.26. The number of nitrogens with zero attached hydrogens (tertiary/aromatic N) is 2. The Morgan fingerprint density at radius 2 is 2.15 bits per heavy atom. The van der Waals surface area contributed by atoms with Crippen LogP contribution in [0.1, 0.15) is 23.2 Å². The molecule has 1 saturated heterocycles. The van der Waals surface area contributed by atoms with Gasteiger partial charge in [-0.05, 0) is 39.2 Å². The third-order valence-electron chi connectivity index (χ3n) is 3.88. The van der Waals surface area contributed by atoms with Gasteiger partial charge in [0, 0.05) is 31.1 Å². The Bertz CT molecular complexity index is 491. The summed E-state index contributed by atoms with van der Waals surface area (Å²) in [5.41, 5.74) is 0.530. The van der Waals surface area contributed by atoms with Crippen LogP contribution < -0.4 is 0 Å². The second-order valence-electron chi connectivity index (χ2n) is 5.48. The van der Waals surface area contributed by atoms with Gasteiger partial charge in [0.25, 0.3) is 0 Å². The summed E-state index contributed by atoms with van der Waals surface area (Å²) < 4.78 is 0. The van der Waals surface area contributed by atoms with E-state index in [1.807, 2.05) is 0 Å². The van der Waals surface area contributed by atoms with Crippen molar-refractivity contribution >= 4 is 29.0 Å². The fraction of sp³-hybridized carbons (Fsp3) is 0.533. The number of rotatable bonds is 5. The van der Waals surface area contributed by atoms with Crippen LogP contribution in [0.4, 0.5) is 0 Å². The molecule has 20 heavy (non-hydrogen) atoms. The molecule has 2 rings (SSSR count). The summed E-state index contributed by atoms with van der Waals surface area (Å²) in [7, 11) is 4.20. The highest BCUT2D eigenvalue weighted by atomic mass is 35.5. The largest absolute Gasteiger partial charge is 0.305 e. The van der Waals surface area contributed by atoms with Gasteiger partial charge in [0.2, 0.25) is 0 Å². The summed E-state index contributed by atoms with van der Waals surface area (Å²) in [5.74, 6) is 0.0609. The molecule has 1 aromatic carbocycles. The maximum atomic E-state index is 12.2. The molecule has 0 bridgehead atoms. The van der Waals surface area contributed by atoms with Gasteiger partial charge in [0.1, 0.15) is 0 Å². The Kier molecular flexibility index (Phi) is 5.44. The number of carbonyl (C=O) groups excluding carboxylic acids is 1. The highest BCUT2D eigenvalue weighted by Gasteiger charge is 2.24. The third-order valence-corrected chi connectivity index (χ3v) is 4.70. The zero-order valence-corrected chi connectivity index (χ0v) is 13.4. The first-order chi connectivity index (χ1) is 9.49. The van der Waals surface area contributed by atoms with Gasteiger partial charge >= 0.3 is 0 Å². The third kappa shape index (κ3) is 3.73. The summed E-state index contributed by atoms with van der Waals surface area (Å²) in [6.07, 6.45) is 1.65. The van der Waals surface area contributed by atoms with Gasteiger partial charge in [0.15, 0.2) is 5.78 Å². The van der Waals surface area contributed by atoms with Crippen molar-refractivity contribution in [3.8, 4) is 0 Å². The van der Waals surface area contributed by atoms with Crippen molar-refractivity contribution in [2.24, 2.45) is 0 Å². The quantitative estimate of drug-likeness (QED) is 0.780. The normalized spacial score (nSPS) is 19.8. The Hall–Kier alpha value is -0.610. The number of halogens is 2. The summed E-state index contributed by atoms with van der Waals surface area (Å²) in [6.45, 7) is 2.87. The van der Waals surface area contributed by atoms with Crippen LogP contribution in [0.15, 0.2) is 18.2 Å². The molecule has 1 aliphatic rings. The molecule has 0 amide bonds. The minimum Gasteiger partial charge on any atom is -0.305 e. The first-order valence-electron chi connectivity index (χ1n) is 6.85. The van der Waals surface area contributed by atoms with Crippen molar-refractivity contribution in [2.45, 2.75) is 18.9 Å². The van der Waals surface area contributed by atoms with Crippen LogP contribution in [-0.4, -0.2) is 55.4 Å². The molecule has 3 nitrogen and oxygen atoms in total. The van der Waals surface area contributed by atoms with E-state index in [9.17, 15) is 4.79 Å². The number of hydrogen-bond donors (Lipinski definition) is 0. The van der Waals surface area contributed by atoms with Crippen LogP contribution in [0.2, 0.25) is 10.0 Å². The number of likely N-dealkylation sites (tertiary alicyclic amines) is 1. The van der Waals surface area contributed by atoms with E-state index in [0.29, 0.717) is 28.1 Å². The summed E-state index contributed by atoms with van der Waals surface area (Å²) in [4.78, 5) is 16.8. The van der Waals surface area contributed by atoms with Crippen LogP contribution in [0.25, 0.3) is 0 Å². The van der Waals surface area contributed by atoms with Gasteiger partial charge in [-0.15, -0.1) is 0 Å². The monoisotopic (exact) mass is 314 g/mol. The van der Waals surface area contributed by atoms with Crippen LogP contribution in [0, 0.1) is 0 Å². The molecule has 1 heterocycles. The molecular weight excluding hydrogens is 295 g/mol. The number of carbonyl (C=O) groups is 1. The topological polar surface area (TPSA) is 23.6 Å². The molecule has 0 spiro atoms. The molecule has 110 valence electrons. The minimum atomic E-state index is 0.0609. The van der Waals surface area contributed by atoms with Gasteiger partial charge in [0.05, 0.1) is 10.0 Å². The average molecular weight is 315 g/mol. The Morgan fingerprint density at radius 3 is 2.80 bits per heavy atom.